The summed E-state index contributed by atoms with van der Waals surface area (Å²) in [5.74, 6) is 0.409. The van der Waals surface area contributed by atoms with E-state index < -0.39 is 10.9 Å². The Labute approximate surface area is 134 Å². The molecule has 0 N–H and O–H groups in total. The first-order valence-corrected chi connectivity index (χ1v) is 6.81. The molecule has 0 aliphatic carbocycles. The Bertz CT molecular complexity index is 635. The van der Waals surface area contributed by atoms with Gasteiger partial charge in [-0.05, 0) is 24.6 Å². The molecule has 0 heterocycles. The summed E-state index contributed by atoms with van der Waals surface area (Å²) in [6, 6.07) is 4.94. The van der Waals surface area contributed by atoms with Crippen molar-refractivity contribution < 1.29 is 23.9 Å². The topological polar surface area (TPSA) is 87.9 Å². The van der Waals surface area contributed by atoms with Crippen molar-refractivity contribution in [1.29, 1.82) is 0 Å². The second kappa shape index (κ2) is 8.57. The molecule has 0 saturated carbocycles. The first-order valence-electron chi connectivity index (χ1n) is 6.81. The van der Waals surface area contributed by atoms with E-state index in [1.54, 1.807) is 25.1 Å². The molecule has 124 valence electrons. The number of carbonyl (C=O) groups excluding carboxylic acids is 1. The molecule has 1 aromatic carbocycles. The highest BCUT2D eigenvalue weighted by Crippen LogP contribution is 2.28. The molecule has 0 spiro atoms. The highest BCUT2D eigenvalue weighted by Gasteiger charge is 2.08. The number of nitro groups is 1. The lowest BCUT2D eigenvalue weighted by Crippen LogP contribution is -2.12. The zero-order chi connectivity index (χ0) is 17.4. The van der Waals surface area contributed by atoms with E-state index in [0.29, 0.717) is 22.6 Å². The minimum absolute atomic E-state index is 0.0208. The Morgan fingerprint density at radius 1 is 1.30 bits per heavy atom. The van der Waals surface area contributed by atoms with Crippen LogP contribution < -0.4 is 9.47 Å². The first kappa shape index (κ1) is 18.2. The maximum Gasteiger partial charge on any atom is 0.333 e. The molecule has 7 nitrogen and oxygen atoms in total. The number of methoxy groups -OCH3 is 1. The van der Waals surface area contributed by atoms with Gasteiger partial charge in [0.2, 0.25) is 5.70 Å². The van der Waals surface area contributed by atoms with Crippen molar-refractivity contribution in [3.8, 4) is 11.5 Å². The quantitative estimate of drug-likeness (QED) is 0.240. The van der Waals surface area contributed by atoms with Gasteiger partial charge in [-0.25, -0.2) is 4.79 Å². The highest BCUT2D eigenvalue weighted by atomic mass is 16.6. The van der Waals surface area contributed by atoms with Gasteiger partial charge in [-0.15, -0.1) is 0 Å². The minimum atomic E-state index is -0.476. The standard InChI is InChI=1S/C16H19NO6/c1-11(2)16(18)23-8-7-22-14-6-5-13(10-15(14)21-4)9-12(3)17(19)20/h5-6,9-10H,1,7-8H2,2-4H3/b12-9+. The van der Waals surface area contributed by atoms with Crippen LogP contribution in [0.4, 0.5) is 0 Å². The van der Waals surface area contributed by atoms with E-state index in [4.69, 9.17) is 14.2 Å². The molecular weight excluding hydrogens is 302 g/mol. The van der Waals surface area contributed by atoms with Gasteiger partial charge in [0.15, 0.2) is 11.5 Å². The third kappa shape index (κ3) is 5.82. The number of nitrogens with zero attached hydrogens (tertiary/aromatic N) is 1. The van der Waals surface area contributed by atoms with Gasteiger partial charge in [0, 0.05) is 18.6 Å². The van der Waals surface area contributed by atoms with Crippen molar-refractivity contribution >= 4 is 12.0 Å². The molecule has 1 rings (SSSR count). The van der Waals surface area contributed by atoms with Crippen LogP contribution in [-0.4, -0.2) is 31.2 Å². The monoisotopic (exact) mass is 321 g/mol. The van der Waals surface area contributed by atoms with Gasteiger partial charge in [-0.1, -0.05) is 12.6 Å². The predicted octanol–water partition coefficient (Wildman–Crippen LogP) is 2.83. The summed E-state index contributed by atoms with van der Waals surface area (Å²) in [4.78, 5) is 21.4. The van der Waals surface area contributed by atoms with Crippen LogP contribution in [0.1, 0.15) is 19.4 Å². The summed E-state index contributed by atoms with van der Waals surface area (Å²) in [6.45, 7) is 6.68. The lowest BCUT2D eigenvalue weighted by Gasteiger charge is -2.11. The molecule has 0 bridgehead atoms. The summed E-state index contributed by atoms with van der Waals surface area (Å²) in [5, 5.41) is 10.6. The van der Waals surface area contributed by atoms with Gasteiger partial charge >= 0.3 is 5.97 Å². The molecule has 0 aliphatic heterocycles. The van der Waals surface area contributed by atoms with Crippen molar-refractivity contribution in [2.24, 2.45) is 0 Å². The minimum Gasteiger partial charge on any atom is -0.493 e. The van der Waals surface area contributed by atoms with Crippen LogP contribution in [0.15, 0.2) is 36.0 Å². The molecule has 1 aromatic rings. The van der Waals surface area contributed by atoms with Gasteiger partial charge in [0.25, 0.3) is 0 Å². The molecule has 0 saturated heterocycles. The van der Waals surface area contributed by atoms with E-state index in [1.165, 1.54) is 20.1 Å². The van der Waals surface area contributed by atoms with Crippen molar-refractivity contribution in [3.05, 3.63) is 51.7 Å². The fourth-order valence-corrected chi connectivity index (χ4v) is 1.60. The van der Waals surface area contributed by atoms with Crippen LogP contribution in [-0.2, 0) is 9.53 Å². The summed E-state index contributed by atoms with van der Waals surface area (Å²) in [6.07, 6.45) is 1.43. The van der Waals surface area contributed by atoms with Gasteiger partial charge in [-0.2, -0.15) is 0 Å². The summed E-state index contributed by atoms with van der Waals surface area (Å²) >= 11 is 0. The second-order valence-corrected chi connectivity index (χ2v) is 4.72. The Morgan fingerprint density at radius 3 is 2.57 bits per heavy atom. The Hall–Kier alpha value is -2.83. The fraction of sp³-hybridized carbons (Fsp3) is 0.312. The molecule has 0 amide bonds. The zero-order valence-electron chi connectivity index (χ0n) is 13.3. The molecule has 0 radical (unpaired) electrons. The average molecular weight is 321 g/mol. The number of rotatable bonds is 8. The van der Waals surface area contributed by atoms with Crippen LogP contribution in [0, 0.1) is 10.1 Å². The fourth-order valence-electron chi connectivity index (χ4n) is 1.60. The zero-order valence-corrected chi connectivity index (χ0v) is 13.3. The third-order valence-corrected chi connectivity index (χ3v) is 2.77. The molecule has 0 aliphatic rings. The first-order chi connectivity index (χ1) is 10.8. The van der Waals surface area contributed by atoms with E-state index in [0.717, 1.165) is 0 Å². The Kier molecular flexibility index (Phi) is 6.79. The van der Waals surface area contributed by atoms with Crippen LogP contribution in [0.3, 0.4) is 0 Å². The van der Waals surface area contributed by atoms with Crippen LogP contribution >= 0.6 is 0 Å². The Morgan fingerprint density at radius 2 is 2.00 bits per heavy atom. The lowest BCUT2D eigenvalue weighted by molar-refractivity contribution is -0.422. The summed E-state index contributed by atoms with van der Waals surface area (Å²) in [5.41, 5.74) is 0.962. The van der Waals surface area contributed by atoms with Crippen LogP contribution in [0.5, 0.6) is 11.5 Å². The second-order valence-electron chi connectivity index (χ2n) is 4.72. The number of benzene rings is 1. The summed E-state index contributed by atoms with van der Waals surface area (Å²) in [7, 11) is 1.47. The van der Waals surface area contributed by atoms with Crippen LogP contribution in [0.2, 0.25) is 0 Å². The van der Waals surface area contributed by atoms with E-state index in [2.05, 4.69) is 6.58 Å². The smallest absolute Gasteiger partial charge is 0.333 e. The molecule has 23 heavy (non-hydrogen) atoms. The highest BCUT2D eigenvalue weighted by molar-refractivity contribution is 5.86. The largest absolute Gasteiger partial charge is 0.493 e. The molecule has 0 aromatic heterocycles. The maximum atomic E-state index is 11.2. The Balaban J connectivity index is 2.70. The molecular formula is C16H19NO6. The molecule has 7 heteroatoms. The number of ether oxygens (including phenoxy) is 3. The van der Waals surface area contributed by atoms with Gasteiger partial charge in [0.05, 0.1) is 12.0 Å². The van der Waals surface area contributed by atoms with Gasteiger partial charge < -0.3 is 14.2 Å². The molecule has 0 atom stereocenters. The lowest BCUT2D eigenvalue weighted by atomic mass is 10.1. The van der Waals surface area contributed by atoms with E-state index in [9.17, 15) is 14.9 Å². The van der Waals surface area contributed by atoms with E-state index in [1.807, 2.05) is 0 Å². The van der Waals surface area contributed by atoms with Crippen molar-refractivity contribution in [3.63, 3.8) is 0 Å². The average Bonchev–Trinajstić information content (AvgIpc) is 2.51. The molecule has 0 unspecified atom stereocenters. The number of esters is 1. The number of carbonyl (C=O) groups is 1. The van der Waals surface area contributed by atoms with E-state index >= 15 is 0 Å². The number of hydrogen-bond donors (Lipinski definition) is 0. The third-order valence-electron chi connectivity index (χ3n) is 2.77. The van der Waals surface area contributed by atoms with Crippen molar-refractivity contribution in [2.45, 2.75) is 13.8 Å². The van der Waals surface area contributed by atoms with E-state index in [-0.39, 0.29) is 18.9 Å². The number of hydrogen-bond acceptors (Lipinski definition) is 6. The summed E-state index contributed by atoms with van der Waals surface area (Å²) < 4.78 is 15.6. The normalized spacial score (nSPS) is 10.8. The van der Waals surface area contributed by atoms with Gasteiger partial charge in [0.1, 0.15) is 13.2 Å². The van der Waals surface area contributed by atoms with Crippen LogP contribution in [0.25, 0.3) is 6.08 Å². The van der Waals surface area contributed by atoms with Gasteiger partial charge in [-0.3, -0.25) is 10.1 Å². The predicted molar refractivity (Wildman–Crippen MR) is 84.9 cm³/mol. The van der Waals surface area contributed by atoms with Crippen molar-refractivity contribution in [2.75, 3.05) is 20.3 Å². The SMILES string of the molecule is C=C(C)C(=O)OCCOc1ccc(/C=C(\C)[N+](=O)[O-])cc1OC. The molecule has 0 fully saturated rings. The maximum absolute atomic E-state index is 11.2. The van der Waals surface area contributed by atoms with Crippen molar-refractivity contribution in [1.82, 2.24) is 0 Å². The number of allylic oxidation sites excluding steroid dienone is 1.